The van der Waals surface area contributed by atoms with Gasteiger partial charge in [-0.1, -0.05) is 48.9 Å². The third-order valence-corrected chi connectivity index (χ3v) is 6.18. The van der Waals surface area contributed by atoms with Crippen LogP contribution in [0.25, 0.3) is 0 Å². The molecule has 166 valence electrons. The molecule has 2 aromatic rings. The first-order valence-corrected chi connectivity index (χ1v) is 11.4. The second kappa shape index (κ2) is 10.8. The second-order valence-electron chi connectivity index (χ2n) is 8.54. The van der Waals surface area contributed by atoms with E-state index in [1.165, 1.54) is 24.0 Å². The van der Waals surface area contributed by atoms with E-state index in [9.17, 15) is 9.90 Å². The first-order chi connectivity index (χ1) is 15.2. The summed E-state index contributed by atoms with van der Waals surface area (Å²) < 4.78 is 5.83. The van der Waals surface area contributed by atoms with E-state index in [0.717, 1.165) is 43.8 Å². The molecule has 6 heteroatoms. The number of amides is 1. The Morgan fingerprint density at radius 2 is 1.97 bits per heavy atom. The molecule has 2 heterocycles. The van der Waals surface area contributed by atoms with Crippen molar-refractivity contribution in [3.63, 3.8) is 0 Å². The lowest BCUT2D eigenvalue weighted by atomic mass is 9.97. The van der Waals surface area contributed by atoms with E-state index in [2.05, 4.69) is 45.9 Å². The third-order valence-electron chi connectivity index (χ3n) is 6.18. The summed E-state index contributed by atoms with van der Waals surface area (Å²) in [4.78, 5) is 14.5. The van der Waals surface area contributed by atoms with Crippen molar-refractivity contribution in [2.75, 3.05) is 32.8 Å². The molecule has 0 bridgehead atoms. The quantitative estimate of drug-likeness (QED) is 0.608. The Balaban J connectivity index is 1.20. The number of para-hydroxylation sites is 1. The lowest BCUT2D eigenvalue weighted by Crippen LogP contribution is -2.42. The number of nitrogens with zero attached hydrogens (tertiary/aromatic N) is 1. The molecule has 4 rings (SSSR count). The first-order valence-electron chi connectivity index (χ1n) is 11.4. The Labute approximate surface area is 184 Å². The van der Waals surface area contributed by atoms with Crippen LogP contribution in [0, 0.1) is 0 Å². The molecular formula is C25H33N3O3. The number of carbonyl (C=O) groups excluding carboxylic acids is 1. The number of β-amino-alcohol motifs (C(OH)–C–C–N with tert-alkyl or cyclic N) is 1. The molecule has 3 N–H and O–H groups in total. The molecule has 0 saturated carbocycles. The topological polar surface area (TPSA) is 73.8 Å². The number of carbonyl (C=O) groups is 1. The zero-order chi connectivity index (χ0) is 21.5. The Kier molecular flexibility index (Phi) is 7.57. The molecule has 0 spiro atoms. The first kappa shape index (κ1) is 21.8. The molecular weight excluding hydrogens is 390 g/mol. The maximum Gasteiger partial charge on any atom is 0.258 e. The zero-order valence-electron chi connectivity index (χ0n) is 18.1. The third kappa shape index (κ3) is 6.06. The molecule has 0 radical (unpaired) electrons. The van der Waals surface area contributed by atoms with Crippen LogP contribution >= 0.6 is 0 Å². The highest BCUT2D eigenvalue weighted by molar-refractivity contribution is 5.77. The smallest absolute Gasteiger partial charge is 0.258 e. The Morgan fingerprint density at radius 1 is 1.16 bits per heavy atom. The zero-order valence-corrected chi connectivity index (χ0v) is 18.1. The minimum Gasteiger partial charge on any atom is -0.483 e. The van der Waals surface area contributed by atoms with Crippen molar-refractivity contribution in [3.05, 3.63) is 65.2 Å². The summed E-state index contributed by atoms with van der Waals surface area (Å²) in [5, 5.41) is 16.7. The highest BCUT2D eigenvalue weighted by Gasteiger charge is 2.20. The Morgan fingerprint density at radius 3 is 2.81 bits per heavy atom. The van der Waals surface area contributed by atoms with Gasteiger partial charge in [-0.05, 0) is 43.0 Å². The average Bonchev–Trinajstić information content (AvgIpc) is 2.82. The summed E-state index contributed by atoms with van der Waals surface area (Å²) in [7, 11) is 0. The largest absolute Gasteiger partial charge is 0.483 e. The summed E-state index contributed by atoms with van der Waals surface area (Å²) in [5.74, 6) is 0.541. The molecule has 1 fully saturated rings. The van der Waals surface area contributed by atoms with Gasteiger partial charge in [-0.2, -0.15) is 0 Å². The van der Waals surface area contributed by atoms with Gasteiger partial charge in [0, 0.05) is 37.8 Å². The Hall–Kier alpha value is -2.41. The molecule has 1 amide bonds. The van der Waals surface area contributed by atoms with Crippen molar-refractivity contribution in [2.45, 2.75) is 44.4 Å². The maximum absolute atomic E-state index is 12.3. The van der Waals surface area contributed by atoms with Gasteiger partial charge in [-0.15, -0.1) is 0 Å². The molecule has 0 unspecified atom stereocenters. The Bertz CT molecular complexity index is 867. The highest BCUT2D eigenvalue weighted by Crippen LogP contribution is 2.30. The van der Waals surface area contributed by atoms with Crippen LogP contribution in [0.3, 0.4) is 0 Å². The lowest BCUT2D eigenvalue weighted by Gasteiger charge is -2.30. The predicted molar refractivity (Wildman–Crippen MR) is 121 cm³/mol. The van der Waals surface area contributed by atoms with E-state index in [4.69, 9.17) is 4.74 Å². The van der Waals surface area contributed by atoms with E-state index in [0.29, 0.717) is 6.54 Å². The summed E-state index contributed by atoms with van der Waals surface area (Å²) >= 11 is 0. The van der Waals surface area contributed by atoms with E-state index >= 15 is 0 Å². The molecule has 2 aliphatic heterocycles. The van der Waals surface area contributed by atoms with Gasteiger partial charge in [0.15, 0.2) is 6.61 Å². The summed E-state index contributed by atoms with van der Waals surface area (Å²) in [6.45, 7) is 3.51. The number of fused-ring (bicyclic) bond motifs is 1. The van der Waals surface area contributed by atoms with E-state index < -0.39 is 6.10 Å². The molecule has 0 aromatic heterocycles. The van der Waals surface area contributed by atoms with Crippen LogP contribution in [0.5, 0.6) is 5.75 Å². The van der Waals surface area contributed by atoms with Gasteiger partial charge >= 0.3 is 0 Å². The van der Waals surface area contributed by atoms with Gasteiger partial charge in [0.05, 0.1) is 6.10 Å². The fraction of sp³-hybridized carbons (Fsp3) is 0.480. The summed E-state index contributed by atoms with van der Waals surface area (Å²) in [6, 6.07) is 16.7. The summed E-state index contributed by atoms with van der Waals surface area (Å²) in [5.41, 5.74) is 3.83. The van der Waals surface area contributed by atoms with Crippen molar-refractivity contribution in [1.29, 1.82) is 0 Å². The van der Waals surface area contributed by atoms with Crippen molar-refractivity contribution < 1.29 is 14.6 Å². The number of rotatable bonds is 8. The van der Waals surface area contributed by atoms with Gasteiger partial charge < -0.3 is 20.5 Å². The molecule has 1 saturated heterocycles. The van der Waals surface area contributed by atoms with E-state index in [-0.39, 0.29) is 25.1 Å². The highest BCUT2D eigenvalue weighted by atomic mass is 16.5. The fourth-order valence-electron chi connectivity index (χ4n) is 4.52. The second-order valence-corrected chi connectivity index (χ2v) is 8.54. The maximum atomic E-state index is 12.3. The monoisotopic (exact) mass is 423 g/mol. The summed E-state index contributed by atoms with van der Waals surface area (Å²) in [6.07, 6.45) is 3.88. The SMILES string of the molecule is O=C(COc1ccccc1[C@@H]1CCCCN1)NC[C@@H](O)CN1CCc2ccccc2C1. The molecule has 31 heavy (non-hydrogen) atoms. The molecule has 6 nitrogen and oxygen atoms in total. The van der Waals surface area contributed by atoms with Crippen LogP contribution in [-0.2, 0) is 17.8 Å². The van der Waals surface area contributed by atoms with Gasteiger partial charge in [0.1, 0.15) is 5.75 Å². The lowest BCUT2D eigenvalue weighted by molar-refractivity contribution is -0.123. The van der Waals surface area contributed by atoms with Crippen molar-refractivity contribution >= 4 is 5.91 Å². The minimum absolute atomic E-state index is 0.0481. The molecule has 2 aliphatic rings. The number of hydrogen-bond donors (Lipinski definition) is 3. The van der Waals surface area contributed by atoms with Crippen LogP contribution in [0.15, 0.2) is 48.5 Å². The van der Waals surface area contributed by atoms with Crippen LogP contribution in [0.4, 0.5) is 0 Å². The average molecular weight is 424 g/mol. The van der Waals surface area contributed by atoms with Gasteiger partial charge in [0.2, 0.25) is 0 Å². The van der Waals surface area contributed by atoms with E-state index in [1.807, 2.05) is 18.2 Å². The van der Waals surface area contributed by atoms with Crippen molar-refractivity contribution in [1.82, 2.24) is 15.5 Å². The number of piperidine rings is 1. The standard InChI is InChI=1S/C25H33N3O3/c29-21(17-28-14-12-19-7-1-2-8-20(19)16-28)15-27-25(30)18-31-24-11-4-3-9-22(24)23-10-5-6-13-26-23/h1-4,7-9,11,21,23,26,29H,5-6,10,12-18H2,(H,27,30)/t21-,23+/m1/s1. The van der Waals surface area contributed by atoms with Crippen LogP contribution < -0.4 is 15.4 Å². The van der Waals surface area contributed by atoms with Crippen LogP contribution in [0.1, 0.15) is 42.0 Å². The minimum atomic E-state index is -0.604. The van der Waals surface area contributed by atoms with Gasteiger partial charge in [0.25, 0.3) is 5.91 Å². The van der Waals surface area contributed by atoms with Crippen molar-refractivity contribution in [2.24, 2.45) is 0 Å². The molecule has 2 aromatic carbocycles. The van der Waals surface area contributed by atoms with Crippen LogP contribution in [0.2, 0.25) is 0 Å². The number of aliphatic hydroxyl groups is 1. The number of benzene rings is 2. The number of aliphatic hydroxyl groups excluding tert-OH is 1. The van der Waals surface area contributed by atoms with Crippen LogP contribution in [-0.4, -0.2) is 54.8 Å². The number of nitrogens with one attached hydrogen (secondary N) is 2. The van der Waals surface area contributed by atoms with E-state index in [1.54, 1.807) is 0 Å². The van der Waals surface area contributed by atoms with Crippen molar-refractivity contribution in [3.8, 4) is 5.75 Å². The van der Waals surface area contributed by atoms with Gasteiger partial charge in [-0.25, -0.2) is 0 Å². The normalized spacial score (nSPS) is 20.0. The number of ether oxygens (including phenoxy) is 1. The molecule has 2 atom stereocenters. The fourth-order valence-corrected chi connectivity index (χ4v) is 4.52. The number of hydrogen-bond acceptors (Lipinski definition) is 5. The van der Waals surface area contributed by atoms with Gasteiger partial charge in [-0.3, -0.25) is 9.69 Å². The predicted octanol–water partition coefficient (Wildman–Crippen LogP) is 2.42. The molecule has 0 aliphatic carbocycles.